The summed E-state index contributed by atoms with van der Waals surface area (Å²) in [6.07, 6.45) is 0.328. The van der Waals surface area contributed by atoms with Gasteiger partial charge in [-0.1, -0.05) is 5.16 Å². The van der Waals surface area contributed by atoms with Crippen LogP contribution in [0, 0.1) is 0 Å². The summed E-state index contributed by atoms with van der Waals surface area (Å²) in [4.78, 5) is 6.97. The molecule has 0 aliphatic carbocycles. The predicted octanol–water partition coefficient (Wildman–Crippen LogP) is -1.32. The van der Waals surface area contributed by atoms with Gasteiger partial charge in [0, 0.05) is 45.8 Å². The first-order valence-electron chi connectivity index (χ1n) is 6.88. The minimum absolute atomic E-state index is 0.283. The lowest BCUT2D eigenvalue weighted by Crippen LogP contribution is -2.53. The highest BCUT2D eigenvalue weighted by molar-refractivity contribution is 5.81. The molecule has 7 nitrogen and oxygen atoms in total. The van der Waals surface area contributed by atoms with Crippen molar-refractivity contribution in [2.24, 2.45) is 10.9 Å². The Balaban J connectivity index is 1.68. The van der Waals surface area contributed by atoms with Gasteiger partial charge in [-0.3, -0.25) is 9.80 Å². The Morgan fingerprint density at radius 3 is 2.58 bits per heavy atom. The number of nitrogens with zero attached hydrogens (tertiary/aromatic N) is 4. The highest BCUT2D eigenvalue weighted by atomic mass is 16.5. The standard InChI is InChI=1S/C12H25N5O2/c1-15-6-7-19-11(8-15)9-16-2-4-17(5-3-16)10-12(13)14-18/h11,18H,2-10H2,1H3,(H2,13,14). The third-order valence-electron chi connectivity index (χ3n) is 3.78. The van der Waals surface area contributed by atoms with Crippen LogP contribution in [0.4, 0.5) is 0 Å². The molecule has 0 bridgehead atoms. The quantitative estimate of drug-likeness (QED) is 0.286. The topological polar surface area (TPSA) is 77.6 Å². The second-order valence-corrected chi connectivity index (χ2v) is 5.42. The minimum atomic E-state index is 0.283. The average Bonchev–Trinajstić information content (AvgIpc) is 2.41. The zero-order chi connectivity index (χ0) is 13.7. The molecule has 2 fully saturated rings. The molecule has 2 saturated heterocycles. The third kappa shape index (κ3) is 4.61. The van der Waals surface area contributed by atoms with Crippen LogP contribution in [0.5, 0.6) is 0 Å². The number of amidine groups is 1. The van der Waals surface area contributed by atoms with E-state index in [0.717, 1.165) is 52.4 Å². The molecule has 1 atom stereocenters. The molecule has 110 valence electrons. The van der Waals surface area contributed by atoms with Crippen molar-refractivity contribution in [3.63, 3.8) is 0 Å². The minimum Gasteiger partial charge on any atom is -0.409 e. The van der Waals surface area contributed by atoms with E-state index in [2.05, 4.69) is 26.9 Å². The summed E-state index contributed by atoms with van der Waals surface area (Å²) in [6, 6.07) is 0. The Labute approximate surface area is 114 Å². The lowest BCUT2D eigenvalue weighted by molar-refractivity contribution is -0.0405. The van der Waals surface area contributed by atoms with Crippen LogP contribution in [0.15, 0.2) is 5.16 Å². The van der Waals surface area contributed by atoms with Crippen molar-refractivity contribution in [3.8, 4) is 0 Å². The maximum atomic E-state index is 8.56. The van der Waals surface area contributed by atoms with Crippen LogP contribution in [-0.2, 0) is 4.74 Å². The average molecular weight is 271 g/mol. The van der Waals surface area contributed by atoms with Gasteiger partial charge in [-0.25, -0.2) is 0 Å². The molecule has 0 amide bonds. The summed E-state index contributed by atoms with van der Waals surface area (Å²) < 4.78 is 5.79. The second-order valence-electron chi connectivity index (χ2n) is 5.42. The van der Waals surface area contributed by atoms with Gasteiger partial charge in [0.2, 0.25) is 0 Å². The van der Waals surface area contributed by atoms with Gasteiger partial charge >= 0.3 is 0 Å². The molecule has 2 aliphatic rings. The van der Waals surface area contributed by atoms with Crippen LogP contribution in [0.1, 0.15) is 0 Å². The van der Waals surface area contributed by atoms with Crippen molar-refractivity contribution in [2.75, 3.05) is 66.0 Å². The lowest BCUT2D eigenvalue weighted by atomic mass is 10.2. The number of ether oxygens (including phenoxy) is 1. The molecule has 2 rings (SSSR count). The number of piperazine rings is 1. The predicted molar refractivity (Wildman–Crippen MR) is 73.5 cm³/mol. The normalized spacial score (nSPS) is 28.7. The Morgan fingerprint density at radius 1 is 1.26 bits per heavy atom. The van der Waals surface area contributed by atoms with Gasteiger partial charge in [-0.05, 0) is 7.05 Å². The van der Waals surface area contributed by atoms with Gasteiger partial charge in [0.25, 0.3) is 0 Å². The number of morpholine rings is 1. The Hall–Kier alpha value is -0.890. The zero-order valence-electron chi connectivity index (χ0n) is 11.7. The van der Waals surface area contributed by atoms with Gasteiger partial charge in [0.1, 0.15) is 0 Å². The monoisotopic (exact) mass is 271 g/mol. The van der Waals surface area contributed by atoms with Gasteiger partial charge in [-0.2, -0.15) is 0 Å². The molecule has 2 aliphatic heterocycles. The van der Waals surface area contributed by atoms with Crippen LogP contribution in [0.25, 0.3) is 0 Å². The van der Waals surface area contributed by atoms with Gasteiger partial charge in [0.05, 0.1) is 19.3 Å². The van der Waals surface area contributed by atoms with E-state index in [-0.39, 0.29) is 5.84 Å². The van der Waals surface area contributed by atoms with Crippen LogP contribution in [-0.4, -0.2) is 97.9 Å². The Morgan fingerprint density at radius 2 is 1.95 bits per heavy atom. The summed E-state index contributed by atoms with van der Waals surface area (Å²) in [5.74, 6) is 0.283. The van der Waals surface area contributed by atoms with Gasteiger partial charge in [-0.15, -0.1) is 0 Å². The van der Waals surface area contributed by atoms with E-state index in [1.54, 1.807) is 0 Å². The molecule has 2 heterocycles. The molecule has 0 saturated carbocycles. The smallest absolute Gasteiger partial charge is 0.153 e. The largest absolute Gasteiger partial charge is 0.409 e. The summed E-state index contributed by atoms with van der Waals surface area (Å²) in [5.41, 5.74) is 5.52. The molecule has 7 heteroatoms. The second kappa shape index (κ2) is 7.04. The molecular weight excluding hydrogens is 246 g/mol. The van der Waals surface area contributed by atoms with Crippen molar-refractivity contribution < 1.29 is 9.94 Å². The van der Waals surface area contributed by atoms with E-state index in [9.17, 15) is 0 Å². The van der Waals surface area contributed by atoms with Gasteiger partial charge < -0.3 is 20.6 Å². The lowest BCUT2D eigenvalue weighted by Gasteiger charge is -2.38. The molecule has 0 aromatic carbocycles. The third-order valence-corrected chi connectivity index (χ3v) is 3.78. The Bertz CT molecular complexity index is 304. The molecule has 0 radical (unpaired) electrons. The molecule has 0 aromatic rings. The van der Waals surface area contributed by atoms with Crippen LogP contribution in [0.2, 0.25) is 0 Å². The maximum absolute atomic E-state index is 8.56. The molecule has 0 aromatic heterocycles. The summed E-state index contributed by atoms with van der Waals surface area (Å²) in [7, 11) is 2.14. The van der Waals surface area contributed by atoms with Crippen LogP contribution >= 0.6 is 0 Å². The van der Waals surface area contributed by atoms with E-state index >= 15 is 0 Å². The number of rotatable bonds is 4. The summed E-state index contributed by atoms with van der Waals surface area (Å²) in [5, 5.41) is 11.6. The number of likely N-dealkylation sites (N-methyl/N-ethyl adjacent to an activating group) is 1. The first kappa shape index (κ1) is 14.5. The molecule has 1 unspecified atom stereocenters. The summed E-state index contributed by atoms with van der Waals surface area (Å²) in [6.45, 7) is 8.38. The van der Waals surface area contributed by atoms with Crippen molar-refractivity contribution in [1.29, 1.82) is 0 Å². The highest BCUT2D eigenvalue weighted by Gasteiger charge is 2.23. The fraction of sp³-hybridized carbons (Fsp3) is 0.917. The van der Waals surface area contributed by atoms with E-state index < -0.39 is 0 Å². The number of hydrogen-bond donors (Lipinski definition) is 2. The fourth-order valence-electron chi connectivity index (χ4n) is 2.66. The number of nitrogens with two attached hydrogens (primary N) is 1. The zero-order valence-corrected chi connectivity index (χ0v) is 11.7. The SMILES string of the molecule is CN1CCOC(CN2CCN(CC(N)=NO)CC2)C1. The Kier molecular flexibility index (Phi) is 5.38. The van der Waals surface area contributed by atoms with E-state index in [0.29, 0.717) is 12.6 Å². The maximum Gasteiger partial charge on any atom is 0.153 e. The molecule has 0 spiro atoms. The van der Waals surface area contributed by atoms with Crippen molar-refractivity contribution in [3.05, 3.63) is 0 Å². The number of oxime groups is 1. The summed E-state index contributed by atoms with van der Waals surface area (Å²) >= 11 is 0. The fourth-order valence-corrected chi connectivity index (χ4v) is 2.66. The van der Waals surface area contributed by atoms with Crippen molar-refractivity contribution >= 4 is 5.84 Å². The van der Waals surface area contributed by atoms with Crippen LogP contribution in [0.3, 0.4) is 0 Å². The van der Waals surface area contributed by atoms with Crippen LogP contribution < -0.4 is 5.73 Å². The first-order valence-corrected chi connectivity index (χ1v) is 6.88. The molecule has 3 N–H and O–H groups in total. The first-order chi connectivity index (χ1) is 9.17. The van der Waals surface area contributed by atoms with Crippen molar-refractivity contribution in [1.82, 2.24) is 14.7 Å². The molecular formula is C12H25N5O2. The number of hydrogen-bond acceptors (Lipinski definition) is 6. The van der Waals surface area contributed by atoms with E-state index in [1.807, 2.05) is 0 Å². The highest BCUT2D eigenvalue weighted by Crippen LogP contribution is 2.08. The van der Waals surface area contributed by atoms with Gasteiger partial charge in [0.15, 0.2) is 5.84 Å². The van der Waals surface area contributed by atoms with E-state index in [4.69, 9.17) is 15.7 Å². The molecule has 19 heavy (non-hydrogen) atoms. The van der Waals surface area contributed by atoms with E-state index in [1.165, 1.54) is 0 Å². The van der Waals surface area contributed by atoms with Crippen molar-refractivity contribution in [2.45, 2.75) is 6.10 Å².